The molecule has 1 saturated heterocycles. The van der Waals surface area contributed by atoms with Gasteiger partial charge in [-0.3, -0.25) is 14.5 Å². The molecule has 0 aromatic heterocycles. The van der Waals surface area contributed by atoms with E-state index in [4.69, 9.17) is 16.7 Å². The summed E-state index contributed by atoms with van der Waals surface area (Å²) in [5, 5.41) is 16.6. The van der Waals surface area contributed by atoms with Gasteiger partial charge in [0.15, 0.2) is 0 Å². The van der Waals surface area contributed by atoms with Crippen molar-refractivity contribution >= 4 is 44.8 Å². The van der Waals surface area contributed by atoms with E-state index in [0.717, 1.165) is 0 Å². The molecule has 3 N–H and O–H groups in total. The molecule has 1 heterocycles. The third-order valence-corrected chi connectivity index (χ3v) is 6.30. The van der Waals surface area contributed by atoms with Crippen molar-refractivity contribution in [1.82, 2.24) is 0 Å². The largest absolute Gasteiger partial charge is 0.507 e. The maximum absolute atomic E-state index is 13.0. The van der Waals surface area contributed by atoms with Gasteiger partial charge in [0.05, 0.1) is 16.5 Å². The van der Waals surface area contributed by atoms with Gasteiger partial charge in [0.25, 0.3) is 11.7 Å². The normalized spacial score (nSPS) is 18.2. The summed E-state index contributed by atoms with van der Waals surface area (Å²) in [6.45, 7) is 0. The van der Waals surface area contributed by atoms with E-state index >= 15 is 0 Å². The topological polar surface area (TPSA) is 118 Å². The van der Waals surface area contributed by atoms with Gasteiger partial charge in [0.1, 0.15) is 5.76 Å². The number of aliphatic hydroxyl groups excluding tert-OH is 1. The summed E-state index contributed by atoms with van der Waals surface area (Å²) < 4.78 is 23.2. The number of carbonyl (C=O) groups is 2. The van der Waals surface area contributed by atoms with E-state index in [1.807, 2.05) is 0 Å². The summed E-state index contributed by atoms with van der Waals surface area (Å²) in [5.74, 6) is -2.04. The Balaban J connectivity index is 1.90. The van der Waals surface area contributed by atoms with Crippen molar-refractivity contribution in [3.63, 3.8) is 0 Å². The summed E-state index contributed by atoms with van der Waals surface area (Å²) in [6, 6.07) is 19.4. The van der Waals surface area contributed by atoms with Crippen molar-refractivity contribution in [2.24, 2.45) is 5.14 Å². The number of ketones is 1. The van der Waals surface area contributed by atoms with Crippen LogP contribution in [-0.2, 0) is 19.6 Å². The number of hydrogen-bond donors (Lipinski definition) is 2. The van der Waals surface area contributed by atoms with Gasteiger partial charge in [-0.25, -0.2) is 13.6 Å². The molecule has 7 nitrogen and oxygen atoms in total. The fraction of sp³-hybridized carbons (Fsp3) is 0.0435. The van der Waals surface area contributed by atoms with Crippen LogP contribution >= 0.6 is 11.6 Å². The Labute approximate surface area is 189 Å². The lowest BCUT2D eigenvalue weighted by atomic mass is 9.95. The number of rotatable bonds is 4. The van der Waals surface area contributed by atoms with Crippen LogP contribution in [0.25, 0.3) is 5.76 Å². The molecule has 1 unspecified atom stereocenters. The van der Waals surface area contributed by atoms with Gasteiger partial charge in [-0.2, -0.15) is 0 Å². The van der Waals surface area contributed by atoms with Crippen LogP contribution in [0.3, 0.4) is 0 Å². The second-order valence-corrected chi connectivity index (χ2v) is 9.12. The van der Waals surface area contributed by atoms with Gasteiger partial charge >= 0.3 is 0 Å². The second kappa shape index (κ2) is 8.23. The molecule has 1 atom stereocenters. The molecule has 0 radical (unpaired) electrons. The van der Waals surface area contributed by atoms with E-state index in [2.05, 4.69) is 0 Å². The summed E-state index contributed by atoms with van der Waals surface area (Å²) in [4.78, 5) is 27.2. The summed E-state index contributed by atoms with van der Waals surface area (Å²) in [5.41, 5.74) is 1.12. The van der Waals surface area contributed by atoms with Crippen molar-refractivity contribution in [1.29, 1.82) is 0 Å². The van der Waals surface area contributed by atoms with Gasteiger partial charge < -0.3 is 5.11 Å². The predicted octanol–water partition coefficient (Wildman–Crippen LogP) is 3.61. The Kier molecular flexibility index (Phi) is 5.60. The molecule has 0 bridgehead atoms. The monoisotopic (exact) mass is 468 g/mol. The number of amides is 1. The number of Topliss-reactive ketones (excluding diaryl/α,β-unsaturated/α-hetero) is 1. The van der Waals surface area contributed by atoms with Crippen LogP contribution in [-0.4, -0.2) is 25.2 Å². The summed E-state index contributed by atoms with van der Waals surface area (Å²) >= 11 is 5.92. The fourth-order valence-corrected chi connectivity index (χ4v) is 4.25. The van der Waals surface area contributed by atoms with Crippen LogP contribution in [0, 0.1) is 0 Å². The van der Waals surface area contributed by atoms with E-state index in [1.165, 1.54) is 29.2 Å². The molecule has 9 heteroatoms. The number of primary sulfonamides is 1. The SMILES string of the molecule is NS(=O)(=O)c1ccc(N2C(=O)C(=O)C(=C(O)c3ccc(Cl)cc3)C2c2ccccc2)cc1. The standard InChI is InChI=1S/C23H17ClN2O5S/c24-16-8-6-15(7-9-16)21(27)19-20(14-4-2-1-3-5-14)26(23(29)22(19)28)17-10-12-18(13-11-17)32(25,30)31/h1-13,20,27H,(H2,25,30,31). The van der Waals surface area contributed by atoms with Crippen molar-refractivity contribution in [3.05, 3.63) is 101 Å². The molecule has 32 heavy (non-hydrogen) atoms. The lowest BCUT2D eigenvalue weighted by molar-refractivity contribution is -0.132. The Morgan fingerprint density at radius 2 is 1.50 bits per heavy atom. The average Bonchev–Trinajstić information content (AvgIpc) is 3.04. The highest BCUT2D eigenvalue weighted by atomic mass is 35.5. The summed E-state index contributed by atoms with van der Waals surface area (Å²) in [7, 11) is -3.93. The van der Waals surface area contributed by atoms with Crippen molar-refractivity contribution in [2.45, 2.75) is 10.9 Å². The number of anilines is 1. The zero-order valence-electron chi connectivity index (χ0n) is 16.5. The van der Waals surface area contributed by atoms with E-state index in [1.54, 1.807) is 54.6 Å². The minimum atomic E-state index is -3.93. The first-order valence-corrected chi connectivity index (χ1v) is 11.4. The zero-order valence-corrected chi connectivity index (χ0v) is 18.0. The zero-order chi connectivity index (χ0) is 23.0. The minimum Gasteiger partial charge on any atom is -0.507 e. The van der Waals surface area contributed by atoms with E-state index < -0.39 is 27.8 Å². The lowest BCUT2D eigenvalue weighted by Gasteiger charge is -2.25. The number of sulfonamides is 1. The molecular weight excluding hydrogens is 452 g/mol. The number of carbonyl (C=O) groups excluding carboxylic acids is 2. The van der Waals surface area contributed by atoms with Gasteiger partial charge in [-0.1, -0.05) is 41.9 Å². The lowest BCUT2D eigenvalue weighted by Crippen LogP contribution is -2.29. The molecule has 0 spiro atoms. The minimum absolute atomic E-state index is 0.0842. The average molecular weight is 469 g/mol. The number of benzene rings is 3. The predicted molar refractivity (Wildman–Crippen MR) is 120 cm³/mol. The highest BCUT2D eigenvalue weighted by molar-refractivity contribution is 7.89. The Morgan fingerprint density at radius 3 is 2.06 bits per heavy atom. The highest BCUT2D eigenvalue weighted by Gasteiger charge is 2.46. The summed E-state index contributed by atoms with van der Waals surface area (Å²) in [6.07, 6.45) is 0. The first-order chi connectivity index (χ1) is 15.2. The number of halogens is 1. The van der Waals surface area contributed by atoms with E-state index in [-0.39, 0.29) is 21.9 Å². The van der Waals surface area contributed by atoms with Gasteiger partial charge in [-0.05, 0) is 54.1 Å². The van der Waals surface area contributed by atoms with Gasteiger partial charge in [0, 0.05) is 16.3 Å². The molecular formula is C23H17ClN2O5S. The number of hydrogen-bond acceptors (Lipinski definition) is 5. The Hall–Kier alpha value is -3.46. The van der Waals surface area contributed by atoms with Crippen molar-refractivity contribution in [2.75, 3.05) is 4.90 Å². The number of aliphatic hydroxyl groups is 1. The smallest absolute Gasteiger partial charge is 0.300 e. The third-order valence-electron chi connectivity index (χ3n) is 5.12. The molecule has 0 saturated carbocycles. The molecule has 0 aliphatic carbocycles. The maximum atomic E-state index is 13.0. The maximum Gasteiger partial charge on any atom is 0.300 e. The van der Waals surface area contributed by atoms with Gasteiger partial charge in [0.2, 0.25) is 10.0 Å². The molecule has 4 rings (SSSR count). The first-order valence-electron chi connectivity index (χ1n) is 9.43. The quantitative estimate of drug-likeness (QED) is 0.344. The highest BCUT2D eigenvalue weighted by Crippen LogP contribution is 2.42. The van der Waals surface area contributed by atoms with Crippen molar-refractivity contribution in [3.8, 4) is 0 Å². The van der Waals surface area contributed by atoms with Crippen molar-refractivity contribution < 1.29 is 23.1 Å². The second-order valence-electron chi connectivity index (χ2n) is 7.13. The molecule has 3 aromatic carbocycles. The van der Waals surface area contributed by atoms with Crippen LogP contribution in [0.1, 0.15) is 17.2 Å². The molecule has 1 amide bonds. The van der Waals surface area contributed by atoms with Crippen LogP contribution in [0.15, 0.2) is 89.3 Å². The van der Waals surface area contributed by atoms with Crippen LogP contribution in [0.2, 0.25) is 5.02 Å². The molecule has 1 fully saturated rings. The molecule has 1 aliphatic rings. The van der Waals surface area contributed by atoms with E-state index in [9.17, 15) is 23.1 Å². The number of nitrogens with zero attached hydrogens (tertiary/aromatic N) is 1. The Bertz CT molecular complexity index is 1340. The Morgan fingerprint density at radius 1 is 0.906 bits per heavy atom. The van der Waals surface area contributed by atoms with Gasteiger partial charge in [-0.15, -0.1) is 0 Å². The molecule has 1 aliphatic heterocycles. The third kappa shape index (κ3) is 3.91. The first kappa shape index (κ1) is 21.8. The van der Waals surface area contributed by atoms with Crippen LogP contribution < -0.4 is 10.0 Å². The van der Waals surface area contributed by atoms with Crippen LogP contribution in [0.5, 0.6) is 0 Å². The molecule has 3 aromatic rings. The van der Waals surface area contributed by atoms with E-state index in [0.29, 0.717) is 16.1 Å². The van der Waals surface area contributed by atoms with Crippen LogP contribution in [0.4, 0.5) is 5.69 Å². The molecule has 162 valence electrons. The fourth-order valence-electron chi connectivity index (χ4n) is 3.61. The number of nitrogens with two attached hydrogens (primary N) is 1.